The van der Waals surface area contributed by atoms with Crippen molar-refractivity contribution in [1.82, 2.24) is 9.88 Å². The van der Waals surface area contributed by atoms with Crippen LogP contribution in [0.15, 0.2) is 30.5 Å². The highest BCUT2D eigenvalue weighted by Gasteiger charge is 2.14. The second kappa shape index (κ2) is 5.92. The second-order valence-corrected chi connectivity index (χ2v) is 5.88. The fourth-order valence-electron chi connectivity index (χ4n) is 1.95. The van der Waals surface area contributed by atoms with Crippen molar-refractivity contribution in [2.24, 2.45) is 0 Å². The molecule has 1 amide bonds. The average molecular weight is 292 g/mol. The first-order chi connectivity index (χ1) is 9.47. The summed E-state index contributed by atoms with van der Waals surface area (Å²) in [7, 11) is 0. The maximum absolute atomic E-state index is 12.0. The summed E-state index contributed by atoms with van der Waals surface area (Å²) in [6.07, 6.45) is 1.59. The van der Waals surface area contributed by atoms with Gasteiger partial charge in [0.2, 0.25) is 5.91 Å². The molecule has 0 fully saturated rings. The number of aryl methyl sites for hydroxylation is 1. The van der Waals surface area contributed by atoms with Gasteiger partial charge in [-0.2, -0.15) is 0 Å². The summed E-state index contributed by atoms with van der Waals surface area (Å²) < 4.78 is 1.42. The third-order valence-corrected chi connectivity index (χ3v) is 4.11. The van der Waals surface area contributed by atoms with Gasteiger partial charge in [0, 0.05) is 16.0 Å². The molecule has 20 heavy (non-hydrogen) atoms. The zero-order valence-corrected chi connectivity index (χ0v) is 12.1. The van der Waals surface area contributed by atoms with Crippen LogP contribution in [-0.2, 0) is 11.3 Å². The van der Waals surface area contributed by atoms with E-state index in [1.54, 1.807) is 23.6 Å². The van der Waals surface area contributed by atoms with Crippen molar-refractivity contribution in [3.8, 4) is 0 Å². The zero-order valence-electron chi connectivity index (χ0n) is 11.3. The van der Waals surface area contributed by atoms with E-state index >= 15 is 0 Å². The van der Waals surface area contributed by atoms with Crippen LogP contribution in [0.1, 0.15) is 33.2 Å². The molecule has 0 saturated carbocycles. The Labute approximate surface area is 120 Å². The number of rotatable bonds is 5. The number of carboxylic acid groups (broad SMARTS) is 1. The predicted octanol–water partition coefficient (Wildman–Crippen LogP) is 2.43. The number of carbonyl (C=O) groups excluding carboxylic acids is 1. The molecule has 2 heterocycles. The van der Waals surface area contributed by atoms with E-state index in [4.69, 9.17) is 5.11 Å². The molecular weight excluding hydrogens is 276 g/mol. The normalized spacial score (nSPS) is 12.1. The van der Waals surface area contributed by atoms with E-state index in [-0.39, 0.29) is 24.2 Å². The molecule has 0 saturated heterocycles. The van der Waals surface area contributed by atoms with Crippen LogP contribution >= 0.6 is 11.3 Å². The molecule has 1 atom stereocenters. The largest absolute Gasteiger partial charge is 0.477 e. The summed E-state index contributed by atoms with van der Waals surface area (Å²) in [4.78, 5) is 25.2. The van der Waals surface area contributed by atoms with Crippen molar-refractivity contribution in [3.05, 3.63) is 45.9 Å². The van der Waals surface area contributed by atoms with Crippen LogP contribution in [0.5, 0.6) is 0 Å². The fraction of sp³-hybridized carbons (Fsp3) is 0.286. The van der Waals surface area contributed by atoms with Crippen molar-refractivity contribution in [3.63, 3.8) is 0 Å². The highest BCUT2D eigenvalue weighted by atomic mass is 32.1. The van der Waals surface area contributed by atoms with Gasteiger partial charge in [-0.05, 0) is 38.1 Å². The topological polar surface area (TPSA) is 71.3 Å². The van der Waals surface area contributed by atoms with E-state index in [1.165, 1.54) is 15.5 Å². The fourth-order valence-corrected chi connectivity index (χ4v) is 2.82. The molecule has 0 bridgehead atoms. The van der Waals surface area contributed by atoms with Crippen LogP contribution in [0.25, 0.3) is 0 Å². The molecule has 0 radical (unpaired) electrons. The van der Waals surface area contributed by atoms with Gasteiger partial charge in [0.25, 0.3) is 0 Å². The summed E-state index contributed by atoms with van der Waals surface area (Å²) in [6.45, 7) is 3.93. The number of hydrogen-bond acceptors (Lipinski definition) is 3. The Morgan fingerprint density at radius 2 is 2.15 bits per heavy atom. The second-order valence-electron chi connectivity index (χ2n) is 4.56. The van der Waals surface area contributed by atoms with E-state index in [0.717, 1.165) is 4.88 Å². The zero-order chi connectivity index (χ0) is 14.7. The molecule has 0 aliphatic heterocycles. The van der Waals surface area contributed by atoms with Crippen molar-refractivity contribution in [2.45, 2.75) is 26.4 Å². The van der Waals surface area contributed by atoms with Gasteiger partial charge in [-0.25, -0.2) is 4.79 Å². The molecular formula is C14H16N2O3S. The van der Waals surface area contributed by atoms with E-state index in [1.807, 2.05) is 26.0 Å². The summed E-state index contributed by atoms with van der Waals surface area (Å²) in [5.41, 5.74) is 0.111. The van der Waals surface area contributed by atoms with Gasteiger partial charge in [0.1, 0.15) is 12.2 Å². The van der Waals surface area contributed by atoms with E-state index < -0.39 is 5.97 Å². The first kappa shape index (κ1) is 14.3. The van der Waals surface area contributed by atoms with Gasteiger partial charge < -0.3 is 15.0 Å². The lowest BCUT2D eigenvalue weighted by molar-refractivity contribution is -0.122. The molecule has 2 aromatic heterocycles. The van der Waals surface area contributed by atoms with E-state index in [0.29, 0.717) is 0 Å². The van der Waals surface area contributed by atoms with Crippen molar-refractivity contribution < 1.29 is 14.7 Å². The molecule has 106 valence electrons. The number of nitrogens with one attached hydrogen (secondary N) is 1. The van der Waals surface area contributed by atoms with Gasteiger partial charge in [-0.1, -0.05) is 0 Å². The predicted molar refractivity (Wildman–Crippen MR) is 77.0 cm³/mol. The minimum Gasteiger partial charge on any atom is -0.477 e. The third kappa shape index (κ3) is 3.27. The standard InChI is InChI=1S/C14H16N2O3S/c1-9-5-6-12(20-9)10(2)15-13(17)8-16-7-3-4-11(16)14(18)19/h3-7,10H,8H2,1-2H3,(H,15,17)(H,18,19). The highest BCUT2D eigenvalue weighted by Crippen LogP contribution is 2.22. The molecule has 1 unspecified atom stereocenters. The first-order valence-corrected chi connectivity index (χ1v) is 7.03. The van der Waals surface area contributed by atoms with Gasteiger partial charge in [-0.15, -0.1) is 11.3 Å². The summed E-state index contributed by atoms with van der Waals surface area (Å²) in [5.74, 6) is -1.24. The number of aromatic nitrogens is 1. The maximum atomic E-state index is 12.0. The van der Waals surface area contributed by atoms with Crippen LogP contribution in [0, 0.1) is 6.92 Å². The third-order valence-electron chi connectivity index (χ3n) is 2.93. The lowest BCUT2D eigenvalue weighted by atomic mass is 10.2. The van der Waals surface area contributed by atoms with Crippen LogP contribution in [0.4, 0.5) is 0 Å². The Balaban J connectivity index is 1.99. The van der Waals surface area contributed by atoms with Crippen molar-refractivity contribution >= 4 is 23.2 Å². The van der Waals surface area contributed by atoms with E-state index in [9.17, 15) is 9.59 Å². The number of amides is 1. The Hall–Kier alpha value is -2.08. The van der Waals surface area contributed by atoms with Crippen molar-refractivity contribution in [2.75, 3.05) is 0 Å². The molecule has 0 aliphatic rings. The molecule has 0 aromatic carbocycles. The van der Waals surface area contributed by atoms with Gasteiger partial charge >= 0.3 is 5.97 Å². The SMILES string of the molecule is Cc1ccc(C(C)NC(=O)Cn2cccc2C(=O)O)s1. The number of thiophene rings is 1. The molecule has 5 nitrogen and oxygen atoms in total. The molecule has 2 rings (SSSR count). The maximum Gasteiger partial charge on any atom is 0.352 e. The highest BCUT2D eigenvalue weighted by molar-refractivity contribution is 7.12. The van der Waals surface area contributed by atoms with Gasteiger partial charge in [-0.3, -0.25) is 4.79 Å². The molecule has 6 heteroatoms. The van der Waals surface area contributed by atoms with Gasteiger partial charge in [0.05, 0.1) is 6.04 Å². The minimum absolute atomic E-state index is 0.00330. The Morgan fingerprint density at radius 3 is 2.75 bits per heavy atom. The quantitative estimate of drug-likeness (QED) is 0.889. The molecule has 2 N–H and O–H groups in total. The lowest BCUT2D eigenvalue weighted by Crippen LogP contribution is -2.30. The number of carboxylic acids is 1. The number of carbonyl (C=O) groups is 2. The van der Waals surface area contributed by atoms with Crippen molar-refractivity contribution in [1.29, 1.82) is 0 Å². The number of nitrogens with zero attached hydrogens (tertiary/aromatic N) is 1. The van der Waals surface area contributed by atoms with Crippen LogP contribution in [0.2, 0.25) is 0 Å². The number of aromatic carboxylic acids is 1. The Bertz CT molecular complexity index is 630. The molecule has 2 aromatic rings. The Morgan fingerprint density at radius 1 is 1.40 bits per heavy atom. The molecule has 0 spiro atoms. The summed E-state index contributed by atoms with van der Waals surface area (Å²) in [5, 5.41) is 11.9. The summed E-state index contributed by atoms with van der Waals surface area (Å²) >= 11 is 1.64. The minimum atomic E-state index is -1.04. The lowest BCUT2D eigenvalue weighted by Gasteiger charge is -2.13. The molecule has 0 aliphatic carbocycles. The van der Waals surface area contributed by atoms with Gasteiger partial charge in [0.15, 0.2) is 0 Å². The summed E-state index contributed by atoms with van der Waals surface area (Å²) in [6, 6.07) is 7.01. The van der Waals surface area contributed by atoms with E-state index in [2.05, 4.69) is 5.32 Å². The van der Waals surface area contributed by atoms with Crippen LogP contribution < -0.4 is 5.32 Å². The monoisotopic (exact) mass is 292 g/mol. The average Bonchev–Trinajstić information content (AvgIpc) is 2.97. The Kier molecular flexibility index (Phi) is 4.24. The number of hydrogen-bond donors (Lipinski definition) is 2. The van der Waals surface area contributed by atoms with Crippen LogP contribution in [-0.4, -0.2) is 21.6 Å². The van der Waals surface area contributed by atoms with Crippen LogP contribution in [0.3, 0.4) is 0 Å². The first-order valence-electron chi connectivity index (χ1n) is 6.21. The smallest absolute Gasteiger partial charge is 0.352 e.